The van der Waals surface area contributed by atoms with Crippen LogP contribution in [0.15, 0.2) is 88.1 Å². The standard InChI is InChI=1S/C21H20O6.C15H10O7.C14H23NO12/c1-26-20-11-14(5-9-18(20)24)3-7-16(22)13-17(23)8-4-15-6-10-19(25)21(12-15)27-2;16-7-4-10(19)12-11(5-7)22-15(14(21)13(12)20)6-1-2-8(17)9(18)3-6;1-3(17)15-5-10(6(18)4(2-16)25-13(5)24)26-14-9(21)7(19)8(20)11(27-14)12(22)23/h3-12,24-25H,13H2,1-2H3;1-5,16-19,21H;4-11,13-14,16,18-21,24H,2H2,1H3,(H,15,17)(H,22,23)/b7-3+,8-4+;;/t;;4-,5-,6-,7+,8+,9-,10-,11+,13-,14-/m..1/s1. The van der Waals surface area contributed by atoms with Crippen LogP contribution in [0.1, 0.15) is 24.5 Å². The van der Waals surface area contributed by atoms with Gasteiger partial charge in [-0.25, -0.2) is 4.79 Å². The number of phenolic OH excluding ortho intramolecular Hbond substituents is 6. The molecule has 76 heavy (non-hydrogen) atoms. The molecule has 2 saturated heterocycles. The number of carbonyl (C=O) groups is 4. The number of amides is 1. The van der Waals surface area contributed by atoms with Crippen molar-refractivity contribution < 1.29 is 119 Å². The Bertz CT molecular complexity index is 2950. The van der Waals surface area contributed by atoms with E-state index < -0.39 is 103 Å². The maximum atomic E-state index is 12.1. The Morgan fingerprint density at radius 3 is 1.75 bits per heavy atom. The summed E-state index contributed by atoms with van der Waals surface area (Å²) in [7, 11) is 2.87. The Morgan fingerprint density at radius 1 is 0.671 bits per heavy atom. The van der Waals surface area contributed by atoms with Gasteiger partial charge in [0, 0.05) is 24.6 Å². The van der Waals surface area contributed by atoms with Gasteiger partial charge in [-0.15, -0.1) is 0 Å². The summed E-state index contributed by atoms with van der Waals surface area (Å²) in [5, 5.41) is 137. The molecule has 3 heterocycles. The zero-order chi connectivity index (χ0) is 56.3. The van der Waals surface area contributed by atoms with Crippen molar-refractivity contribution in [2.24, 2.45) is 0 Å². The van der Waals surface area contributed by atoms with Crippen molar-refractivity contribution in [2.45, 2.75) is 74.7 Å². The van der Waals surface area contributed by atoms with E-state index in [9.17, 15) is 90.4 Å². The normalized spacial score (nSPS) is 23.2. The maximum absolute atomic E-state index is 12.1. The summed E-state index contributed by atoms with van der Waals surface area (Å²) in [4.78, 5) is 58.5. The van der Waals surface area contributed by atoms with Crippen molar-refractivity contribution >= 4 is 46.6 Å². The van der Waals surface area contributed by atoms with Crippen LogP contribution in [0.25, 0.3) is 34.4 Å². The second kappa shape index (κ2) is 25.8. The minimum Gasteiger partial charge on any atom is -0.508 e. The Labute approximate surface area is 428 Å². The van der Waals surface area contributed by atoms with Crippen LogP contribution >= 0.6 is 0 Å². The van der Waals surface area contributed by atoms with E-state index in [1.165, 1.54) is 44.6 Å². The van der Waals surface area contributed by atoms with Gasteiger partial charge in [0.1, 0.15) is 65.1 Å². The number of hydrogen-bond acceptors (Lipinski definition) is 24. The summed E-state index contributed by atoms with van der Waals surface area (Å²) in [6, 6.07) is 13.6. The fraction of sp³-hybridized carbons (Fsp3) is 0.300. The topological polar surface area (TPSA) is 440 Å². The number of aliphatic carboxylic acids is 1. The van der Waals surface area contributed by atoms with Gasteiger partial charge in [0.25, 0.3) is 0 Å². The van der Waals surface area contributed by atoms with Crippen LogP contribution in [0.2, 0.25) is 0 Å². The van der Waals surface area contributed by atoms with Gasteiger partial charge < -0.3 is 105 Å². The number of benzene rings is 4. The summed E-state index contributed by atoms with van der Waals surface area (Å²) in [6.07, 6.45) is -10.3. The Morgan fingerprint density at radius 2 is 1.24 bits per heavy atom. The van der Waals surface area contributed by atoms with E-state index in [4.69, 9.17) is 33.2 Å². The quantitative estimate of drug-likeness (QED) is 0.0401. The molecule has 0 radical (unpaired) electrons. The average molecular weight is 1070 g/mol. The molecule has 7 rings (SSSR count). The zero-order valence-corrected chi connectivity index (χ0v) is 40.1. The molecule has 4 aromatic carbocycles. The van der Waals surface area contributed by atoms with Crippen LogP contribution in [0, 0.1) is 0 Å². The number of rotatable bonds is 14. The first kappa shape index (κ1) is 58.6. The van der Waals surface area contributed by atoms with Crippen molar-refractivity contribution in [3.05, 3.63) is 100 Å². The predicted octanol–water partition coefficient (Wildman–Crippen LogP) is 0.197. The molecule has 0 spiro atoms. The van der Waals surface area contributed by atoms with Crippen molar-refractivity contribution in [1.29, 1.82) is 0 Å². The van der Waals surface area contributed by atoms with E-state index in [2.05, 4.69) is 5.32 Å². The average Bonchev–Trinajstić information content (AvgIpc) is 3.37. The molecule has 2 aliphatic heterocycles. The Hall–Kier alpha value is -8.31. The molecule has 15 N–H and O–H groups in total. The predicted molar refractivity (Wildman–Crippen MR) is 259 cm³/mol. The number of methoxy groups -OCH3 is 2. The van der Waals surface area contributed by atoms with E-state index in [-0.39, 0.29) is 63.3 Å². The number of phenols is 6. The fourth-order valence-electron chi connectivity index (χ4n) is 7.35. The van der Waals surface area contributed by atoms with Crippen molar-refractivity contribution in [1.82, 2.24) is 5.32 Å². The number of ether oxygens (including phenoxy) is 5. The molecule has 0 aliphatic carbocycles. The first-order valence-electron chi connectivity index (χ1n) is 22.3. The lowest BCUT2D eigenvalue weighted by molar-refractivity contribution is -0.336. The third kappa shape index (κ3) is 14.3. The van der Waals surface area contributed by atoms with Crippen LogP contribution in [-0.4, -0.2) is 177 Å². The number of carbonyl (C=O) groups excluding carboxylic acids is 3. The third-order valence-electron chi connectivity index (χ3n) is 11.2. The van der Waals surface area contributed by atoms with Crippen molar-refractivity contribution in [3.8, 4) is 63.1 Å². The van der Waals surface area contributed by atoms with Crippen molar-refractivity contribution in [3.63, 3.8) is 0 Å². The second-order valence-electron chi connectivity index (χ2n) is 16.6. The van der Waals surface area contributed by atoms with Gasteiger partial charge >= 0.3 is 5.97 Å². The molecule has 0 bridgehead atoms. The van der Waals surface area contributed by atoms with Gasteiger partial charge in [-0.1, -0.05) is 24.3 Å². The highest BCUT2D eigenvalue weighted by Gasteiger charge is 2.52. The van der Waals surface area contributed by atoms with Gasteiger partial charge in [0.05, 0.1) is 27.2 Å². The third-order valence-corrected chi connectivity index (χ3v) is 11.2. The molecule has 1 amide bonds. The van der Waals surface area contributed by atoms with E-state index in [1.54, 1.807) is 36.4 Å². The van der Waals surface area contributed by atoms with Gasteiger partial charge in [0.2, 0.25) is 17.1 Å². The van der Waals surface area contributed by atoms with E-state index in [0.717, 1.165) is 31.2 Å². The van der Waals surface area contributed by atoms with Gasteiger partial charge in [-0.05, 0) is 65.7 Å². The van der Waals surface area contributed by atoms with Crippen molar-refractivity contribution in [2.75, 3.05) is 20.8 Å². The molecule has 0 unspecified atom stereocenters. The minimum atomic E-state index is -1.95. The summed E-state index contributed by atoms with van der Waals surface area (Å²) >= 11 is 0. The number of aromatic hydroxyl groups is 7. The van der Waals surface area contributed by atoms with Crippen LogP contribution in [-0.2, 0) is 33.4 Å². The molecular weight excluding hydrogens is 1010 g/mol. The summed E-state index contributed by atoms with van der Waals surface area (Å²) in [5.41, 5.74) is 0.438. The molecule has 26 heteroatoms. The number of ketones is 2. The molecule has 2 aliphatic rings. The van der Waals surface area contributed by atoms with Crippen LogP contribution in [0.3, 0.4) is 0 Å². The highest BCUT2D eigenvalue weighted by molar-refractivity contribution is 6.11. The molecule has 5 aromatic rings. The number of nitrogens with one attached hydrogen (secondary N) is 1. The monoisotopic (exact) mass is 1070 g/mol. The summed E-state index contributed by atoms with van der Waals surface area (Å²) < 4.78 is 30.6. The smallest absolute Gasteiger partial charge is 0.335 e. The van der Waals surface area contributed by atoms with Gasteiger partial charge in [-0.3, -0.25) is 19.2 Å². The second-order valence-corrected chi connectivity index (χ2v) is 16.6. The molecule has 26 nitrogen and oxygen atoms in total. The van der Waals surface area contributed by atoms with Gasteiger partial charge in [0.15, 0.2) is 70.5 Å². The number of aliphatic hydroxyl groups excluding tert-OH is 6. The summed E-state index contributed by atoms with van der Waals surface area (Å²) in [5.74, 6) is -5.06. The van der Waals surface area contributed by atoms with Crippen LogP contribution in [0.4, 0.5) is 0 Å². The zero-order valence-electron chi connectivity index (χ0n) is 40.1. The summed E-state index contributed by atoms with van der Waals surface area (Å²) in [6.45, 7) is 0.388. The lowest BCUT2D eigenvalue weighted by atomic mass is 9.95. The molecule has 1 aromatic heterocycles. The number of hydrogen-bond donors (Lipinski definition) is 15. The van der Waals surface area contributed by atoms with Crippen LogP contribution in [0.5, 0.6) is 51.7 Å². The molecule has 0 saturated carbocycles. The number of fused-ring (bicyclic) bond motifs is 1. The number of aliphatic hydroxyl groups is 6. The van der Waals surface area contributed by atoms with Gasteiger partial charge in [-0.2, -0.15) is 0 Å². The lowest BCUT2D eigenvalue weighted by Gasteiger charge is -2.46. The number of carboxylic acids is 1. The SMILES string of the molecule is CC(=O)N[C@@H]1[C@@H](O[C@@H]2O[C@H](C(=O)O)[C@@H](O)[C@H](O)[C@H]2O)[C@H](O)[C@@H](CO)O[C@H]1O.COc1cc(/C=C/C(=O)CC(=O)/C=C/c2ccc(O)c(OC)c2)ccc1O.O=c1c(O)c(-c2ccc(O)c(O)c2)oc2cc(O)cc(O)c12. The highest BCUT2D eigenvalue weighted by atomic mass is 16.7. The van der Waals surface area contributed by atoms with E-state index in [1.807, 2.05) is 0 Å². The molecular formula is C50H53NO25. The molecule has 2 fully saturated rings. The maximum Gasteiger partial charge on any atom is 0.335 e. The largest absolute Gasteiger partial charge is 0.508 e. The first-order valence-corrected chi connectivity index (χ1v) is 22.3. The Kier molecular flexibility index (Phi) is 19.9. The van der Waals surface area contributed by atoms with E-state index in [0.29, 0.717) is 22.6 Å². The van der Waals surface area contributed by atoms with Crippen LogP contribution < -0.4 is 20.2 Å². The molecule has 10 atom stereocenters. The number of allylic oxidation sites excluding steroid dienone is 2. The fourth-order valence-corrected chi connectivity index (χ4v) is 7.35. The number of carboxylic acid groups (broad SMARTS) is 1. The minimum absolute atomic E-state index is 0.00662. The first-order chi connectivity index (χ1) is 35.9. The highest BCUT2D eigenvalue weighted by Crippen LogP contribution is 2.38. The molecule has 408 valence electrons. The lowest BCUT2D eigenvalue weighted by Crippen LogP contribution is -2.67. The van der Waals surface area contributed by atoms with E-state index >= 15 is 0 Å². The Balaban J connectivity index is 0.000000212.